The molecule has 160 valence electrons. The fourth-order valence-corrected chi connectivity index (χ4v) is 5.02. The first-order valence-electron chi connectivity index (χ1n) is 10.3. The summed E-state index contributed by atoms with van der Waals surface area (Å²) < 4.78 is 15.7. The van der Waals surface area contributed by atoms with E-state index >= 15 is 0 Å². The van der Waals surface area contributed by atoms with Crippen LogP contribution in [0.5, 0.6) is 0 Å². The molecule has 4 rings (SSSR count). The van der Waals surface area contributed by atoms with E-state index in [2.05, 4.69) is 37.9 Å². The van der Waals surface area contributed by atoms with Gasteiger partial charge in [-0.15, -0.1) is 0 Å². The van der Waals surface area contributed by atoms with Crippen molar-refractivity contribution in [3.8, 4) is 11.1 Å². The average molecular weight is 530 g/mol. The number of benzene rings is 1. The largest absolute Gasteiger partial charge is 0.373 e. The van der Waals surface area contributed by atoms with Crippen molar-refractivity contribution in [2.75, 3.05) is 5.32 Å². The maximum absolute atomic E-state index is 15.0. The fraction of sp³-hybridized carbons (Fsp3) is 0.292. The number of anilines is 1. The van der Waals surface area contributed by atoms with E-state index < -0.39 is 12.0 Å². The number of hydrogen-bond donors (Lipinski definition) is 1. The Morgan fingerprint density at radius 1 is 1.00 bits per heavy atom. The van der Waals surface area contributed by atoms with Crippen molar-refractivity contribution < 1.29 is 9.18 Å². The lowest BCUT2D eigenvalue weighted by Gasteiger charge is -2.35. The average Bonchev–Trinajstić information content (AvgIpc) is 2.72. The van der Waals surface area contributed by atoms with Crippen LogP contribution in [0, 0.1) is 9.52 Å². The molecule has 0 bridgehead atoms. The minimum atomic E-state index is -0.584. The maximum Gasteiger partial charge on any atom is 0.273 e. The van der Waals surface area contributed by atoms with Crippen LogP contribution in [0.2, 0.25) is 0 Å². The zero-order chi connectivity index (χ0) is 22.3. The van der Waals surface area contributed by atoms with Crippen LogP contribution < -0.4 is 5.32 Å². The van der Waals surface area contributed by atoms with E-state index in [0.29, 0.717) is 16.8 Å². The number of nitrogens with zero attached hydrogens (tertiary/aromatic N) is 3. The number of carbonyl (C=O) groups is 1. The van der Waals surface area contributed by atoms with Gasteiger partial charge in [-0.25, -0.2) is 4.98 Å². The first-order valence-corrected chi connectivity index (χ1v) is 11.4. The van der Waals surface area contributed by atoms with E-state index in [9.17, 15) is 9.18 Å². The number of aromatic nitrogens is 2. The Labute approximate surface area is 195 Å². The van der Waals surface area contributed by atoms with Crippen molar-refractivity contribution in [1.29, 1.82) is 0 Å². The van der Waals surface area contributed by atoms with Gasteiger partial charge in [0.2, 0.25) is 5.95 Å². The third kappa shape index (κ3) is 3.79. The Balaban J connectivity index is 2.00. The molecular weight excluding hydrogens is 506 g/mol. The van der Waals surface area contributed by atoms with E-state index in [0.717, 1.165) is 20.4 Å². The summed E-state index contributed by atoms with van der Waals surface area (Å²) in [7, 11) is 0. The Hall–Kier alpha value is -2.55. The number of pyridine rings is 2. The quantitative estimate of drug-likeness (QED) is 0.350. The highest BCUT2D eigenvalue weighted by Crippen LogP contribution is 2.45. The molecule has 1 aromatic carbocycles. The molecule has 7 heteroatoms. The number of halogens is 2. The summed E-state index contributed by atoms with van der Waals surface area (Å²) in [5, 5.41) is 3.45. The lowest BCUT2D eigenvalue weighted by Crippen LogP contribution is -2.43. The van der Waals surface area contributed by atoms with Gasteiger partial charge < -0.3 is 10.2 Å². The minimum Gasteiger partial charge on any atom is -0.373 e. The molecule has 1 amide bonds. The molecule has 0 aliphatic carbocycles. The second-order valence-electron chi connectivity index (χ2n) is 8.14. The Morgan fingerprint density at radius 3 is 2.35 bits per heavy atom. The van der Waals surface area contributed by atoms with Crippen LogP contribution in [0.3, 0.4) is 0 Å². The number of carbonyl (C=O) groups excluding carboxylic acids is 1. The van der Waals surface area contributed by atoms with Gasteiger partial charge in [0.15, 0.2) is 0 Å². The van der Waals surface area contributed by atoms with E-state index in [1.54, 1.807) is 12.3 Å². The van der Waals surface area contributed by atoms with Crippen LogP contribution in [0.25, 0.3) is 11.1 Å². The van der Waals surface area contributed by atoms with Gasteiger partial charge in [0, 0.05) is 50.4 Å². The summed E-state index contributed by atoms with van der Waals surface area (Å²) in [6, 6.07) is 10.9. The summed E-state index contributed by atoms with van der Waals surface area (Å²) >= 11 is 2.11. The molecule has 0 fully saturated rings. The number of nitrogens with one attached hydrogen (secondary N) is 1. The van der Waals surface area contributed by atoms with Crippen molar-refractivity contribution in [3.05, 3.63) is 75.1 Å². The first kappa shape index (κ1) is 21.7. The monoisotopic (exact) mass is 530 g/mol. The van der Waals surface area contributed by atoms with Crippen LogP contribution in [0.1, 0.15) is 55.4 Å². The zero-order valence-electron chi connectivity index (χ0n) is 17.9. The molecule has 0 spiro atoms. The summed E-state index contributed by atoms with van der Waals surface area (Å²) in [6.45, 7) is 7.95. The van der Waals surface area contributed by atoms with E-state index in [1.807, 2.05) is 62.9 Å². The van der Waals surface area contributed by atoms with Crippen molar-refractivity contribution in [3.63, 3.8) is 0 Å². The van der Waals surface area contributed by atoms with Crippen LogP contribution in [0.15, 0.2) is 48.8 Å². The van der Waals surface area contributed by atoms with Crippen molar-refractivity contribution in [1.82, 2.24) is 14.9 Å². The highest BCUT2D eigenvalue weighted by molar-refractivity contribution is 14.1. The second-order valence-corrected chi connectivity index (χ2v) is 9.30. The highest BCUT2D eigenvalue weighted by Gasteiger charge is 2.35. The van der Waals surface area contributed by atoms with Crippen molar-refractivity contribution in [2.24, 2.45) is 0 Å². The molecule has 5 nitrogen and oxygen atoms in total. The predicted octanol–water partition coefficient (Wildman–Crippen LogP) is 5.66. The molecule has 1 N–H and O–H groups in total. The highest BCUT2D eigenvalue weighted by atomic mass is 127. The smallest absolute Gasteiger partial charge is 0.273 e. The van der Waals surface area contributed by atoms with Crippen LogP contribution in [-0.4, -0.2) is 32.9 Å². The number of rotatable bonds is 4. The normalized spacial score (nSPS) is 14.8. The number of para-hydroxylation sites is 1. The topological polar surface area (TPSA) is 58.1 Å². The van der Waals surface area contributed by atoms with E-state index in [1.165, 1.54) is 6.20 Å². The van der Waals surface area contributed by atoms with E-state index in [4.69, 9.17) is 0 Å². The molecule has 3 aromatic rings. The molecular formula is C24H24FIN4O. The molecule has 0 saturated heterocycles. The molecule has 1 atom stereocenters. The molecule has 2 aromatic heterocycles. The molecule has 31 heavy (non-hydrogen) atoms. The lowest BCUT2D eigenvalue weighted by atomic mass is 9.85. The third-order valence-electron chi connectivity index (χ3n) is 5.52. The summed E-state index contributed by atoms with van der Waals surface area (Å²) in [5.74, 6) is -0.714. The van der Waals surface area contributed by atoms with Crippen molar-refractivity contribution >= 4 is 34.2 Å². The van der Waals surface area contributed by atoms with Gasteiger partial charge in [-0.1, -0.05) is 18.2 Å². The van der Waals surface area contributed by atoms with Gasteiger partial charge in [0.05, 0.1) is 6.04 Å². The van der Waals surface area contributed by atoms with Crippen LogP contribution >= 0.6 is 22.6 Å². The minimum absolute atomic E-state index is 0.00251. The predicted molar refractivity (Wildman–Crippen MR) is 128 cm³/mol. The summed E-state index contributed by atoms with van der Waals surface area (Å²) in [6.07, 6.45) is 3.11. The third-order valence-corrected chi connectivity index (χ3v) is 6.46. The number of amides is 1. The van der Waals surface area contributed by atoms with E-state index in [-0.39, 0.29) is 18.0 Å². The number of hydrogen-bond acceptors (Lipinski definition) is 4. The number of fused-ring (bicyclic) bond motifs is 3. The molecule has 1 aliphatic rings. The Morgan fingerprint density at radius 2 is 1.68 bits per heavy atom. The van der Waals surface area contributed by atoms with Crippen LogP contribution in [0.4, 0.5) is 10.1 Å². The van der Waals surface area contributed by atoms with Crippen LogP contribution in [-0.2, 0) is 0 Å². The second kappa shape index (κ2) is 8.53. The van der Waals surface area contributed by atoms with Gasteiger partial charge in [-0.2, -0.15) is 4.39 Å². The molecule has 3 heterocycles. The zero-order valence-corrected chi connectivity index (χ0v) is 20.0. The van der Waals surface area contributed by atoms with Gasteiger partial charge in [0.25, 0.3) is 5.91 Å². The Bertz CT molecular complexity index is 1120. The Kier molecular flexibility index (Phi) is 5.96. The lowest BCUT2D eigenvalue weighted by molar-refractivity contribution is 0.0636. The SMILES string of the molecule is CC(C)N(C(=O)c1nccc2c1C(c1c(I)ccnc1F)Nc1ccccc1-2)C(C)C. The molecule has 1 unspecified atom stereocenters. The molecule has 1 aliphatic heterocycles. The molecule has 0 saturated carbocycles. The maximum atomic E-state index is 15.0. The summed E-state index contributed by atoms with van der Waals surface area (Å²) in [4.78, 5) is 23.9. The van der Waals surface area contributed by atoms with Gasteiger partial charge in [-0.3, -0.25) is 9.78 Å². The fourth-order valence-electron chi connectivity index (χ4n) is 4.33. The standard InChI is InChI=1S/C24H24FIN4O/c1-13(2)30(14(3)4)24(31)22-19-16(9-11-27-22)15-7-5-6-8-18(15)29-21(19)20-17(26)10-12-28-23(20)25/h5-14,21,29H,1-4H3. The summed E-state index contributed by atoms with van der Waals surface area (Å²) in [5.41, 5.74) is 4.16. The van der Waals surface area contributed by atoms with Gasteiger partial charge >= 0.3 is 0 Å². The van der Waals surface area contributed by atoms with Gasteiger partial charge in [0.1, 0.15) is 5.69 Å². The first-order chi connectivity index (χ1) is 14.8. The van der Waals surface area contributed by atoms with Gasteiger partial charge in [-0.05, 0) is 74.0 Å². The van der Waals surface area contributed by atoms with Crippen molar-refractivity contribution in [2.45, 2.75) is 45.8 Å². The molecule has 0 radical (unpaired) electrons.